The molecule has 4 aromatic carbocycles. The van der Waals surface area contributed by atoms with Gasteiger partial charge in [0.25, 0.3) is 0 Å². The summed E-state index contributed by atoms with van der Waals surface area (Å²) >= 11 is 5.98. The molecule has 0 saturated carbocycles. The molecule has 0 saturated heterocycles. The van der Waals surface area contributed by atoms with Crippen molar-refractivity contribution < 1.29 is 0 Å². The fourth-order valence-corrected chi connectivity index (χ4v) is 9.83. The van der Waals surface area contributed by atoms with Crippen LogP contribution in [0.5, 0.6) is 0 Å². The Balaban J connectivity index is 1.12. The summed E-state index contributed by atoms with van der Waals surface area (Å²) in [7, 11) is 0. The number of rotatable bonds is 8. The van der Waals surface area contributed by atoms with Crippen LogP contribution in [0.15, 0.2) is 97.1 Å². The van der Waals surface area contributed by atoms with Gasteiger partial charge in [0.05, 0.1) is 18.8 Å². The van der Waals surface area contributed by atoms with Crippen LogP contribution in [0.4, 0.5) is 0 Å². The Labute approximate surface area is 229 Å². The van der Waals surface area contributed by atoms with Crippen LogP contribution in [0.2, 0.25) is 0 Å². The van der Waals surface area contributed by atoms with Crippen LogP contribution in [0, 0.1) is 0 Å². The highest BCUT2D eigenvalue weighted by atomic mass is 32.1. The molecular weight excluding hydrogens is 505 g/mol. The lowest BCUT2D eigenvalue weighted by Crippen LogP contribution is -1.89. The summed E-state index contributed by atoms with van der Waals surface area (Å²) in [6.45, 7) is 0. The summed E-state index contributed by atoms with van der Waals surface area (Å²) < 4.78 is 8.82. The molecule has 0 fully saturated rings. The summed E-state index contributed by atoms with van der Waals surface area (Å²) in [6, 6.07) is 36.1. The normalized spacial score (nSPS) is 11.9. The number of fused-ring (bicyclic) bond motifs is 7. The average molecular weight is 533 g/mol. The van der Waals surface area contributed by atoms with Crippen LogP contribution in [-0.2, 0) is 25.7 Å². The van der Waals surface area contributed by atoms with E-state index in [1.54, 1.807) is 0 Å². The van der Waals surface area contributed by atoms with Gasteiger partial charge in [-0.1, -0.05) is 84.9 Å². The van der Waals surface area contributed by atoms with Gasteiger partial charge in [0.15, 0.2) is 0 Å². The van der Waals surface area contributed by atoms with Crippen LogP contribution in [0.25, 0.3) is 39.0 Å². The van der Waals surface area contributed by atoms with Gasteiger partial charge in [0.1, 0.15) is 0 Å². The molecule has 0 nitrogen and oxygen atoms in total. The lowest BCUT2D eigenvalue weighted by Gasteiger charge is -2.03. The number of thiophene rings is 3. The maximum Gasteiger partial charge on any atom is 0.0642 e. The van der Waals surface area contributed by atoms with E-state index in [1.807, 2.05) is 34.0 Å². The van der Waals surface area contributed by atoms with Gasteiger partial charge < -0.3 is 0 Å². The van der Waals surface area contributed by atoms with Gasteiger partial charge >= 0.3 is 0 Å². The molecule has 0 aliphatic heterocycles. The standard InChI is InChI=1S/C34H28S3/c1-3-9-23(10-4-1)13-7-15-25-17-19-27-29(21-25)35-33-31(27)37-32-28-20-18-26(22-30(28)36-34(32)33)16-8-14-24-11-5-2-6-12-24/h1-6,9-12,17-22H,7-8,13-16H2. The van der Waals surface area contributed by atoms with Crippen LogP contribution in [0.3, 0.4) is 0 Å². The van der Waals surface area contributed by atoms with Gasteiger partial charge in [-0.2, -0.15) is 0 Å². The van der Waals surface area contributed by atoms with E-state index in [0.29, 0.717) is 0 Å². The molecule has 0 radical (unpaired) electrons. The number of aryl methyl sites for hydroxylation is 4. The molecule has 0 bridgehead atoms. The molecular formula is C34H28S3. The zero-order chi connectivity index (χ0) is 24.6. The van der Waals surface area contributed by atoms with Crippen molar-refractivity contribution in [1.29, 1.82) is 0 Å². The summed E-state index contributed by atoms with van der Waals surface area (Å²) in [5.41, 5.74) is 5.80. The average Bonchev–Trinajstić information content (AvgIpc) is 3.58. The van der Waals surface area contributed by atoms with Crippen molar-refractivity contribution in [3.8, 4) is 0 Å². The molecule has 0 atom stereocenters. The highest BCUT2D eigenvalue weighted by Crippen LogP contribution is 2.50. The van der Waals surface area contributed by atoms with Crippen LogP contribution < -0.4 is 0 Å². The zero-order valence-electron chi connectivity index (χ0n) is 20.7. The second-order valence-corrected chi connectivity index (χ2v) is 13.1. The molecule has 0 amide bonds. The summed E-state index contributed by atoms with van der Waals surface area (Å²) in [5, 5.41) is 2.87. The summed E-state index contributed by atoms with van der Waals surface area (Å²) in [6.07, 6.45) is 6.97. The molecule has 3 heteroatoms. The molecule has 182 valence electrons. The minimum atomic E-state index is 1.14. The molecule has 7 aromatic rings. The Morgan fingerprint density at radius 2 is 0.811 bits per heavy atom. The Morgan fingerprint density at radius 1 is 0.378 bits per heavy atom. The predicted octanol–water partition coefficient (Wildman–Crippen LogP) is 10.8. The van der Waals surface area contributed by atoms with Crippen LogP contribution in [0.1, 0.15) is 35.1 Å². The fourth-order valence-electron chi connectivity index (χ4n) is 5.43. The Kier molecular flexibility index (Phi) is 6.30. The Hall–Kier alpha value is -2.98. The van der Waals surface area contributed by atoms with Crippen molar-refractivity contribution in [2.24, 2.45) is 0 Å². The monoisotopic (exact) mass is 532 g/mol. The summed E-state index contributed by atoms with van der Waals surface area (Å²) in [4.78, 5) is 0. The van der Waals surface area contributed by atoms with Gasteiger partial charge in [-0.05, 0) is 72.9 Å². The molecule has 0 aliphatic rings. The molecule has 37 heavy (non-hydrogen) atoms. The lowest BCUT2D eigenvalue weighted by molar-refractivity contribution is 0.822. The Bertz CT molecular complexity index is 1680. The van der Waals surface area contributed by atoms with Crippen LogP contribution >= 0.6 is 34.0 Å². The van der Waals surface area contributed by atoms with Gasteiger partial charge in [-0.3, -0.25) is 0 Å². The van der Waals surface area contributed by atoms with E-state index in [0.717, 1.165) is 25.7 Å². The fraction of sp³-hybridized carbons (Fsp3) is 0.176. The van der Waals surface area contributed by atoms with Gasteiger partial charge in [0, 0.05) is 20.2 Å². The largest absolute Gasteiger partial charge is 0.133 e. The minimum absolute atomic E-state index is 1.14. The second-order valence-electron chi connectivity index (χ2n) is 9.96. The van der Waals surface area contributed by atoms with Crippen molar-refractivity contribution in [1.82, 2.24) is 0 Å². The van der Waals surface area contributed by atoms with E-state index in [-0.39, 0.29) is 0 Å². The first-order valence-electron chi connectivity index (χ1n) is 13.2. The van der Waals surface area contributed by atoms with E-state index in [1.165, 1.54) is 74.1 Å². The van der Waals surface area contributed by atoms with E-state index in [4.69, 9.17) is 0 Å². The highest BCUT2D eigenvalue weighted by molar-refractivity contribution is 7.43. The van der Waals surface area contributed by atoms with Crippen molar-refractivity contribution in [2.75, 3.05) is 0 Å². The summed E-state index contributed by atoms with van der Waals surface area (Å²) in [5.74, 6) is 0. The molecule has 0 N–H and O–H groups in total. The molecule has 0 aliphatic carbocycles. The quantitative estimate of drug-likeness (QED) is 0.183. The molecule has 0 spiro atoms. The van der Waals surface area contributed by atoms with Gasteiger partial charge in [-0.25, -0.2) is 0 Å². The van der Waals surface area contributed by atoms with E-state index in [9.17, 15) is 0 Å². The number of hydrogen-bond acceptors (Lipinski definition) is 3. The zero-order valence-corrected chi connectivity index (χ0v) is 23.2. The SMILES string of the molecule is c1ccc(CCCc2ccc3c(c2)sc2c3sc3c4ccc(CCCc5ccccc5)cc4sc32)cc1. The van der Waals surface area contributed by atoms with E-state index in [2.05, 4.69) is 97.1 Å². The van der Waals surface area contributed by atoms with Gasteiger partial charge in [0.2, 0.25) is 0 Å². The maximum atomic E-state index is 2.45. The van der Waals surface area contributed by atoms with Crippen molar-refractivity contribution in [3.63, 3.8) is 0 Å². The van der Waals surface area contributed by atoms with E-state index < -0.39 is 0 Å². The first-order valence-corrected chi connectivity index (χ1v) is 15.6. The van der Waals surface area contributed by atoms with Gasteiger partial charge in [-0.15, -0.1) is 34.0 Å². The molecule has 0 unspecified atom stereocenters. The minimum Gasteiger partial charge on any atom is -0.133 e. The molecule has 7 rings (SSSR count). The predicted molar refractivity (Wildman–Crippen MR) is 167 cm³/mol. The first kappa shape index (κ1) is 23.2. The van der Waals surface area contributed by atoms with Crippen molar-refractivity contribution >= 4 is 73.0 Å². The topological polar surface area (TPSA) is 0 Å². The van der Waals surface area contributed by atoms with Crippen LogP contribution in [-0.4, -0.2) is 0 Å². The first-order chi connectivity index (χ1) is 18.3. The van der Waals surface area contributed by atoms with E-state index >= 15 is 0 Å². The maximum absolute atomic E-state index is 2.45. The third kappa shape index (κ3) is 4.61. The Morgan fingerprint density at radius 3 is 1.27 bits per heavy atom. The van der Waals surface area contributed by atoms with Crippen molar-refractivity contribution in [3.05, 3.63) is 119 Å². The highest BCUT2D eigenvalue weighted by Gasteiger charge is 2.17. The lowest BCUT2D eigenvalue weighted by atomic mass is 10.0. The second kappa shape index (κ2) is 10.1. The number of benzene rings is 4. The molecule has 3 aromatic heterocycles. The third-order valence-corrected chi connectivity index (χ3v) is 11.4. The number of hydrogen-bond donors (Lipinski definition) is 0. The third-order valence-electron chi connectivity index (χ3n) is 7.38. The molecule has 3 heterocycles. The van der Waals surface area contributed by atoms with Crippen molar-refractivity contribution in [2.45, 2.75) is 38.5 Å². The smallest absolute Gasteiger partial charge is 0.0642 e.